The zero-order chi connectivity index (χ0) is 28.7. The lowest BCUT2D eigenvalue weighted by molar-refractivity contribution is -0.136. The van der Waals surface area contributed by atoms with Crippen LogP contribution in [0.3, 0.4) is 0 Å². The maximum absolute atomic E-state index is 13.2. The number of aryl methyl sites for hydroxylation is 2. The second-order valence-corrected chi connectivity index (χ2v) is 10.4. The number of hydrogen-bond donors (Lipinski definition) is 3. The number of para-hydroxylation sites is 1. The molecule has 0 saturated carbocycles. The molecular formula is C28H40N6O5. The third-order valence-corrected chi connectivity index (χ3v) is 6.88. The summed E-state index contributed by atoms with van der Waals surface area (Å²) in [4.78, 5) is 54.2. The fourth-order valence-corrected chi connectivity index (χ4v) is 4.64. The van der Waals surface area contributed by atoms with Crippen molar-refractivity contribution in [1.29, 1.82) is 0 Å². The van der Waals surface area contributed by atoms with Crippen LogP contribution in [0, 0.1) is 19.8 Å². The number of rotatable bonds is 6. The van der Waals surface area contributed by atoms with E-state index in [0.717, 1.165) is 17.0 Å². The summed E-state index contributed by atoms with van der Waals surface area (Å²) < 4.78 is 7.63. The fraction of sp³-hybridized carbons (Fsp3) is 0.536. The Balaban J connectivity index is 1.83. The standard InChI is InChI=1S/C28H40N6O5/c1-17(2)15-23-28(38)33(5)13-14-39-24-10-8-7-9-21(24)26(36)31-22(16-25(35)30-23)27(37)29-12-11-20-18(3)32-34(6)19(20)4/h7-10,17,22-23H,11-16H2,1-6H3,(H,29,37)(H,30,35)(H,31,36)/t22-,23+/m0/s1. The summed E-state index contributed by atoms with van der Waals surface area (Å²) in [5.41, 5.74) is 3.17. The minimum absolute atomic E-state index is 0.146. The maximum Gasteiger partial charge on any atom is 0.255 e. The Morgan fingerprint density at radius 1 is 1.15 bits per heavy atom. The topological polar surface area (TPSA) is 135 Å². The summed E-state index contributed by atoms with van der Waals surface area (Å²) in [5.74, 6) is -1.28. The van der Waals surface area contributed by atoms with Crippen molar-refractivity contribution >= 4 is 23.6 Å². The van der Waals surface area contributed by atoms with Crippen LogP contribution in [-0.4, -0.2) is 77.1 Å². The van der Waals surface area contributed by atoms with Crippen molar-refractivity contribution in [3.63, 3.8) is 0 Å². The predicted molar refractivity (Wildman–Crippen MR) is 146 cm³/mol. The molecule has 11 heteroatoms. The van der Waals surface area contributed by atoms with Gasteiger partial charge >= 0.3 is 0 Å². The summed E-state index contributed by atoms with van der Waals surface area (Å²) >= 11 is 0. The molecule has 39 heavy (non-hydrogen) atoms. The molecule has 0 saturated heterocycles. The Labute approximate surface area is 229 Å². The predicted octanol–water partition coefficient (Wildman–Crippen LogP) is 1.27. The highest BCUT2D eigenvalue weighted by molar-refractivity contribution is 6.01. The normalized spacial score (nSPS) is 19.1. The van der Waals surface area contributed by atoms with E-state index in [1.165, 1.54) is 4.90 Å². The molecule has 0 spiro atoms. The first-order valence-electron chi connectivity index (χ1n) is 13.3. The molecule has 0 aliphatic carbocycles. The molecule has 3 N–H and O–H groups in total. The molecule has 3 rings (SSSR count). The number of fused-ring (bicyclic) bond motifs is 1. The first kappa shape index (κ1) is 29.7. The molecule has 2 heterocycles. The van der Waals surface area contributed by atoms with Crippen molar-refractivity contribution in [1.82, 2.24) is 30.6 Å². The second-order valence-electron chi connectivity index (χ2n) is 10.4. The van der Waals surface area contributed by atoms with Gasteiger partial charge in [-0.3, -0.25) is 23.9 Å². The Kier molecular flexibility index (Phi) is 10.1. The van der Waals surface area contributed by atoms with E-state index in [0.29, 0.717) is 25.1 Å². The van der Waals surface area contributed by atoms with Gasteiger partial charge in [0, 0.05) is 26.3 Å². The van der Waals surface area contributed by atoms with Gasteiger partial charge in [-0.2, -0.15) is 5.10 Å². The van der Waals surface area contributed by atoms with E-state index in [4.69, 9.17) is 4.74 Å². The first-order chi connectivity index (χ1) is 18.5. The number of carbonyl (C=O) groups is 4. The Morgan fingerprint density at radius 2 is 1.87 bits per heavy atom. The van der Waals surface area contributed by atoms with Gasteiger partial charge in [-0.25, -0.2) is 0 Å². The molecule has 1 aliphatic heterocycles. The number of hydrogen-bond acceptors (Lipinski definition) is 6. The van der Waals surface area contributed by atoms with Crippen LogP contribution in [0.25, 0.3) is 0 Å². The van der Waals surface area contributed by atoms with Crippen LogP contribution in [-0.2, 0) is 27.9 Å². The van der Waals surface area contributed by atoms with Crippen LogP contribution in [0.15, 0.2) is 24.3 Å². The van der Waals surface area contributed by atoms with Crippen molar-refractivity contribution in [3.05, 3.63) is 46.8 Å². The van der Waals surface area contributed by atoms with Crippen LogP contribution >= 0.6 is 0 Å². The van der Waals surface area contributed by atoms with E-state index in [2.05, 4.69) is 21.0 Å². The number of ether oxygens (including phenoxy) is 1. The molecule has 1 aromatic carbocycles. The SMILES string of the molecule is Cc1nn(C)c(C)c1CCNC(=O)[C@@H]1CC(=O)N[C@H](CC(C)C)C(=O)N(C)CCOc2ccccc2C(=O)N1. The summed E-state index contributed by atoms with van der Waals surface area (Å²) in [6.45, 7) is 8.55. The van der Waals surface area contributed by atoms with Crippen LogP contribution in [0.4, 0.5) is 0 Å². The molecule has 11 nitrogen and oxygen atoms in total. The molecule has 0 bridgehead atoms. The zero-order valence-electron chi connectivity index (χ0n) is 23.7. The highest BCUT2D eigenvalue weighted by atomic mass is 16.5. The molecule has 2 aromatic rings. The largest absolute Gasteiger partial charge is 0.491 e. The van der Waals surface area contributed by atoms with Crippen LogP contribution in [0.5, 0.6) is 5.75 Å². The van der Waals surface area contributed by atoms with Crippen molar-refractivity contribution < 1.29 is 23.9 Å². The van der Waals surface area contributed by atoms with Gasteiger partial charge in [0.1, 0.15) is 24.4 Å². The third-order valence-electron chi connectivity index (χ3n) is 6.88. The van der Waals surface area contributed by atoms with Gasteiger partial charge in [0.15, 0.2) is 0 Å². The van der Waals surface area contributed by atoms with E-state index >= 15 is 0 Å². The number of likely N-dealkylation sites (N-methyl/N-ethyl adjacent to an activating group) is 1. The summed E-state index contributed by atoms with van der Waals surface area (Å²) in [6, 6.07) is 4.77. The van der Waals surface area contributed by atoms with Crippen LogP contribution in [0.2, 0.25) is 0 Å². The quantitative estimate of drug-likeness (QED) is 0.505. The second kappa shape index (κ2) is 13.3. The lowest BCUT2D eigenvalue weighted by atomic mass is 10.0. The Hall–Kier alpha value is -3.89. The Morgan fingerprint density at radius 3 is 2.54 bits per heavy atom. The smallest absolute Gasteiger partial charge is 0.255 e. The molecule has 1 aliphatic rings. The maximum atomic E-state index is 13.2. The lowest BCUT2D eigenvalue weighted by Crippen LogP contribution is -2.53. The fourth-order valence-electron chi connectivity index (χ4n) is 4.64. The number of benzene rings is 1. The van der Waals surface area contributed by atoms with Gasteiger partial charge in [-0.1, -0.05) is 26.0 Å². The minimum atomic E-state index is -1.16. The van der Waals surface area contributed by atoms with Crippen molar-refractivity contribution in [2.75, 3.05) is 26.7 Å². The number of nitrogens with zero attached hydrogens (tertiary/aromatic N) is 3. The van der Waals surface area contributed by atoms with E-state index in [1.807, 2.05) is 34.7 Å². The minimum Gasteiger partial charge on any atom is -0.491 e. The molecule has 0 unspecified atom stereocenters. The number of aromatic nitrogens is 2. The van der Waals surface area contributed by atoms with E-state index in [9.17, 15) is 19.2 Å². The van der Waals surface area contributed by atoms with Gasteiger partial charge in [-0.15, -0.1) is 0 Å². The third kappa shape index (κ3) is 7.81. The molecule has 2 atom stereocenters. The average Bonchev–Trinajstić information content (AvgIpc) is 3.12. The van der Waals surface area contributed by atoms with Gasteiger partial charge in [0.2, 0.25) is 17.7 Å². The molecule has 4 amide bonds. The van der Waals surface area contributed by atoms with Crippen molar-refractivity contribution in [2.24, 2.45) is 13.0 Å². The van der Waals surface area contributed by atoms with E-state index < -0.39 is 29.8 Å². The first-order valence-corrected chi connectivity index (χ1v) is 13.3. The molecule has 0 radical (unpaired) electrons. The average molecular weight is 541 g/mol. The van der Waals surface area contributed by atoms with E-state index in [-0.39, 0.29) is 37.0 Å². The number of nitrogens with one attached hydrogen (secondary N) is 3. The summed E-state index contributed by atoms with van der Waals surface area (Å²) in [5, 5.41) is 12.7. The van der Waals surface area contributed by atoms with Crippen molar-refractivity contribution in [3.8, 4) is 5.75 Å². The number of carbonyl (C=O) groups excluding carboxylic acids is 4. The number of amides is 4. The van der Waals surface area contributed by atoms with Gasteiger partial charge in [0.05, 0.1) is 24.2 Å². The monoisotopic (exact) mass is 540 g/mol. The zero-order valence-corrected chi connectivity index (χ0v) is 23.7. The molecular weight excluding hydrogens is 500 g/mol. The summed E-state index contributed by atoms with van der Waals surface area (Å²) in [7, 11) is 3.52. The highest BCUT2D eigenvalue weighted by Crippen LogP contribution is 2.19. The van der Waals surface area contributed by atoms with Crippen molar-refractivity contribution in [2.45, 2.75) is 59.0 Å². The lowest BCUT2D eigenvalue weighted by Gasteiger charge is -2.27. The molecule has 212 valence electrons. The van der Waals surface area contributed by atoms with Gasteiger partial charge < -0.3 is 25.6 Å². The molecule has 1 aromatic heterocycles. The van der Waals surface area contributed by atoms with Crippen LogP contribution in [0.1, 0.15) is 54.0 Å². The molecule has 0 fully saturated rings. The Bertz CT molecular complexity index is 1210. The summed E-state index contributed by atoms with van der Waals surface area (Å²) in [6.07, 6.45) is 0.668. The van der Waals surface area contributed by atoms with Gasteiger partial charge in [0.25, 0.3) is 5.91 Å². The van der Waals surface area contributed by atoms with Gasteiger partial charge in [-0.05, 0) is 50.3 Å². The van der Waals surface area contributed by atoms with Crippen LogP contribution < -0.4 is 20.7 Å². The highest BCUT2D eigenvalue weighted by Gasteiger charge is 2.30. The van der Waals surface area contributed by atoms with E-state index in [1.54, 1.807) is 36.0 Å².